The molecule has 0 radical (unpaired) electrons. The Kier molecular flexibility index (Phi) is 3.51. The molecule has 0 spiro atoms. The molecular weight excluding hydrogens is 268 g/mol. The lowest BCUT2D eigenvalue weighted by Crippen LogP contribution is -2.24. The van der Waals surface area contributed by atoms with E-state index in [9.17, 15) is 0 Å². The van der Waals surface area contributed by atoms with E-state index in [0.717, 1.165) is 19.5 Å². The number of hydrogen-bond donors (Lipinski definition) is 1. The van der Waals surface area contributed by atoms with E-state index >= 15 is 0 Å². The summed E-state index contributed by atoms with van der Waals surface area (Å²) in [7, 11) is 0. The second-order valence-corrected chi connectivity index (χ2v) is 5.04. The van der Waals surface area contributed by atoms with Crippen LogP contribution in [0, 0.1) is 0 Å². The van der Waals surface area contributed by atoms with Crippen molar-refractivity contribution >= 4 is 23.3 Å². The molecule has 0 unspecified atom stereocenters. The van der Waals surface area contributed by atoms with Crippen LogP contribution >= 0.6 is 12.4 Å². The van der Waals surface area contributed by atoms with Crippen molar-refractivity contribution in [3.8, 4) is 5.69 Å². The van der Waals surface area contributed by atoms with E-state index < -0.39 is 0 Å². The van der Waals surface area contributed by atoms with Crippen molar-refractivity contribution in [2.75, 3.05) is 6.54 Å². The minimum absolute atomic E-state index is 0. The molecule has 0 fully saturated rings. The van der Waals surface area contributed by atoms with Crippen LogP contribution in [0.2, 0.25) is 0 Å². The molecule has 3 heteroatoms. The molecule has 2 nitrogen and oxygen atoms in total. The normalized spacial score (nSPS) is 13.8. The van der Waals surface area contributed by atoms with E-state index in [1.165, 1.54) is 27.8 Å². The fourth-order valence-corrected chi connectivity index (χ4v) is 3.12. The van der Waals surface area contributed by atoms with E-state index in [-0.39, 0.29) is 12.4 Å². The number of hydrogen-bond acceptors (Lipinski definition) is 1. The predicted molar refractivity (Wildman–Crippen MR) is 85.9 cm³/mol. The van der Waals surface area contributed by atoms with E-state index in [0.29, 0.717) is 0 Å². The number of aromatic nitrogens is 1. The molecule has 4 rings (SSSR count). The van der Waals surface area contributed by atoms with Gasteiger partial charge in [0.05, 0.1) is 5.52 Å². The second kappa shape index (κ2) is 5.31. The molecule has 0 aliphatic carbocycles. The highest BCUT2D eigenvalue weighted by Crippen LogP contribution is 2.31. The minimum atomic E-state index is 0. The number of benzene rings is 2. The average Bonchev–Trinajstić information content (AvgIpc) is 2.83. The van der Waals surface area contributed by atoms with Gasteiger partial charge in [-0.25, -0.2) is 0 Å². The van der Waals surface area contributed by atoms with E-state index in [2.05, 4.69) is 64.5 Å². The Bertz CT molecular complexity index is 731. The summed E-state index contributed by atoms with van der Waals surface area (Å²) in [5.41, 5.74) is 5.50. The molecule has 1 aliphatic rings. The van der Waals surface area contributed by atoms with Crippen molar-refractivity contribution in [1.82, 2.24) is 9.88 Å². The molecule has 0 amide bonds. The SMILES string of the molecule is Cl.c1ccc(-n2c3c(c4ccccc42)CCNC3)cc1. The Morgan fingerprint density at radius 1 is 0.900 bits per heavy atom. The van der Waals surface area contributed by atoms with Crippen molar-refractivity contribution in [3.63, 3.8) is 0 Å². The molecule has 1 N–H and O–H groups in total. The van der Waals surface area contributed by atoms with Crippen LogP contribution in [0.5, 0.6) is 0 Å². The third-order valence-electron chi connectivity index (χ3n) is 3.95. The molecule has 1 aliphatic heterocycles. The summed E-state index contributed by atoms with van der Waals surface area (Å²) in [4.78, 5) is 0. The smallest absolute Gasteiger partial charge is 0.0534 e. The third kappa shape index (κ3) is 1.92. The monoisotopic (exact) mass is 284 g/mol. The van der Waals surface area contributed by atoms with Gasteiger partial charge in [0.25, 0.3) is 0 Å². The van der Waals surface area contributed by atoms with Crippen molar-refractivity contribution in [2.45, 2.75) is 13.0 Å². The fourth-order valence-electron chi connectivity index (χ4n) is 3.12. The summed E-state index contributed by atoms with van der Waals surface area (Å²) in [5.74, 6) is 0. The average molecular weight is 285 g/mol. The number of nitrogens with zero attached hydrogens (tertiary/aromatic N) is 1. The lowest BCUT2D eigenvalue weighted by Gasteiger charge is -2.17. The van der Waals surface area contributed by atoms with Gasteiger partial charge in [-0.2, -0.15) is 0 Å². The van der Waals surface area contributed by atoms with Crippen LogP contribution in [-0.2, 0) is 13.0 Å². The Morgan fingerprint density at radius 2 is 1.65 bits per heavy atom. The first kappa shape index (κ1) is 13.2. The van der Waals surface area contributed by atoms with Gasteiger partial charge in [-0.05, 0) is 36.7 Å². The van der Waals surface area contributed by atoms with Gasteiger partial charge >= 0.3 is 0 Å². The van der Waals surface area contributed by atoms with Crippen LogP contribution in [0.3, 0.4) is 0 Å². The summed E-state index contributed by atoms with van der Waals surface area (Å²) in [6.45, 7) is 2.04. The lowest BCUT2D eigenvalue weighted by atomic mass is 10.1. The molecule has 2 aromatic carbocycles. The molecule has 0 saturated heterocycles. The Labute approximate surface area is 124 Å². The van der Waals surface area contributed by atoms with Gasteiger partial charge in [0.15, 0.2) is 0 Å². The number of rotatable bonds is 1. The molecule has 2 heterocycles. The fraction of sp³-hybridized carbons (Fsp3) is 0.176. The number of fused-ring (bicyclic) bond motifs is 3. The number of nitrogens with one attached hydrogen (secondary N) is 1. The van der Waals surface area contributed by atoms with Crippen LogP contribution in [0.4, 0.5) is 0 Å². The van der Waals surface area contributed by atoms with Crippen LogP contribution in [-0.4, -0.2) is 11.1 Å². The zero-order valence-electron chi connectivity index (χ0n) is 11.2. The summed E-state index contributed by atoms with van der Waals surface area (Å²) >= 11 is 0. The summed E-state index contributed by atoms with van der Waals surface area (Å²) < 4.78 is 2.40. The van der Waals surface area contributed by atoms with Crippen LogP contribution in [0.15, 0.2) is 54.6 Å². The second-order valence-electron chi connectivity index (χ2n) is 5.04. The van der Waals surface area contributed by atoms with Gasteiger partial charge in [0.1, 0.15) is 0 Å². The Hall–Kier alpha value is -1.77. The standard InChI is InChI=1S/C17H16N2.ClH/c1-2-6-13(7-3-1)19-16-9-5-4-8-14(16)15-10-11-18-12-17(15)19;/h1-9,18H,10-12H2;1H. The van der Waals surface area contributed by atoms with E-state index in [1.54, 1.807) is 0 Å². The molecule has 20 heavy (non-hydrogen) atoms. The molecule has 0 bridgehead atoms. The highest BCUT2D eigenvalue weighted by atomic mass is 35.5. The third-order valence-corrected chi connectivity index (χ3v) is 3.95. The molecule has 0 saturated carbocycles. The maximum Gasteiger partial charge on any atom is 0.0534 e. The molecule has 1 aromatic heterocycles. The minimum Gasteiger partial charge on any atom is -0.312 e. The van der Waals surface area contributed by atoms with E-state index in [4.69, 9.17) is 0 Å². The maximum atomic E-state index is 3.49. The van der Waals surface area contributed by atoms with Crippen molar-refractivity contribution in [3.05, 3.63) is 65.9 Å². The molecule has 3 aromatic rings. The largest absolute Gasteiger partial charge is 0.312 e. The van der Waals surface area contributed by atoms with E-state index in [1.807, 2.05) is 0 Å². The van der Waals surface area contributed by atoms with Gasteiger partial charge in [-0.15, -0.1) is 12.4 Å². The predicted octanol–water partition coefficient (Wildman–Crippen LogP) is 3.70. The lowest BCUT2D eigenvalue weighted by molar-refractivity contribution is 0.625. The van der Waals surface area contributed by atoms with Crippen LogP contribution in [0.25, 0.3) is 16.6 Å². The first-order valence-electron chi connectivity index (χ1n) is 6.82. The topological polar surface area (TPSA) is 17.0 Å². The van der Waals surface area contributed by atoms with Gasteiger partial charge in [-0.3, -0.25) is 0 Å². The molecular formula is C17H17ClN2. The van der Waals surface area contributed by atoms with Crippen molar-refractivity contribution in [2.24, 2.45) is 0 Å². The zero-order valence-corrected chi connectivity index (χ0v) is 12.0. The van der Waals surface area contributed by atoms with Crippen molar-refractivity contribution < 1.29 is 0 Å². The van der Waals surface area contributed by atoms with Crippen molar-refractivity contribution in [1.29, 1.82) is 0 Å². The Balaban J connectivity index is 0.00000121. The van der Waals surface area contributed by atoms with Gasteiger partial charge in [0, 0.05) is 23.3 Å². The van der Waals surface area contributed by atoms with Gasteiger partial charge < -0.3 is 9.88 Å². The molecule has 102 valence electrons. The highest BCUT2D eigenvalue weighted by Gasteiger charge is 2.19. The molecule has 0 atom stereocenters. The Morgan fingerprint density at radius 3 is 2.50 bits per heavy atom. The van der Waals surface area contributed by atoms with Crippen LogP contribution in [0.1, 0.15) is 11.3 Å². The quantitative estimate of drug-likeness (QED) is 0.721. The number of halogens is 1. The van der Waals surface area contributed by atoms with Gasteiger partial charge in [-0.1, -0.05) is 36.4 Å². The highest BCUT2D eigenvalue weighted by molar-refractivity contribution is 5.87. The summed E-state index contributed by atoms with van der Waals surface area (Å²) in [6.07, 6.45) is 1.12. The first-order valence-corrected chi connectivity index (χ1v) is 6.82. The van der Waals surface area contributed by atoms with Crippen LogP contribution < -0.4 is 5.32 Å². The summed E-state index contributed by atoms with van der Waals surface area (Å²) in [5, 5.41) is 4.90. The maximum absolute atomic E-state index is 3.49. The van der Waals surface area contributed by atoms with Gasteiger partial charge in [0.2, 0.25) is 0 Å². The summed E-state index contributed by atoms with van der Waals surface area (Å²) in [6, 6.07) is 19.4. The zero-order chi connectivity index (χ0) is 12.7. The first-order chi connectivity index (χ1) is 9.45. The number of para-hydroxylation sites is 2.